The third-order valence-electron chi connectivity index (χ3n) is 2.42. The van der Waals surface area contributed by atoms with Crippen molar-refractivity contribution >= 4 is 23.3 Å². The molecule has 0 fully saturated rings. The molecule has 2 aromatic rings. The highest BCUT2D eigenvalue weighted by molar-refractivity contribution is 5.92. The minimum atomic E-state index is 0.366. The molecule has 6 nitrogen and oxygen atoms in total. The molecule has 0 aliphatic heterocycles. The van der Waals surface area contributed by atoms with Crippen LogP contribution < -0.4 is 11.1 Å². The molecular formula is C11H11N5O. The van der Waals surface area contributed by atoms with E-state index < -0.39 is 0 Å². The quantitative estimate of drug-likeness (QED) is 0.429. The minimum absolute atomic E-state index is 0.366. The van der Waals surface area contributed by atoms with Crippen LogP contribution in [0.5, 0.6) is 0 Å². The number of terminal acetylenes is 1. The molecular weight excluding hydrogens is 218 g/mol. The number of nitrogens with one attached hydrogen (secondary N) is 1. The normalized spacial score (nSPS) is 10.1. The van der Waals surface area contributed by atoms with Crippen molar-refractivity contribution in [1.82, 2.24) is 19.9 Å². The van der Waals surface area contributed by atoms with Gasteiger partial charge >= 0.3 is 0 Å². The molecule has 17 heavy (non-hydrogen) atoms. The van der Waals surface area contributed by atoms with E-state index in [1.54, 1.807) is 6.20 Å². The van der Waals surface area contributed by atoms with Gasteiger partial charge in [0.15, 0.2) is 0 Å². The van der Waals surface area contributed by atoms with E-state index in [-0.39, 0.29) is 0 Å². The molecule has 0 atom stereocenters. The highest BCUT2D eigenvalue weighted by Crippen LogP contribution is 2.22. The molecule has 6 heteroatoms. The fourth-order valence-corrected chi connectivity index (χ4v) is 1.67. The van der Waals surface area contributed by atoms with Crippen molar-refractivity contribution in [3.63, 3.8) is 0 Å². The maximum atomic E-state index is 10.2. The highest BCUT2D eigenvalue weighted by Gasteiger charge is 2.11. The second kappa shape index (κ2) is 4.53. The number of nitrogens with zero attached hydrogens (tertiary/aromatic N) is 3. The summed E-state index contributed by atoms with van der Waals surface area (Å²) >= 11 is 0. The smallest absolute Gasteiger partial charge is 0.207 e. The number of hydrogen-bond acceptors (Lipinski definition) is 4. The molecule has 0 saturated carbocycles. The van der Waals surface area contributed by atoms with Crippen LogP contribution in [-0.4, -0.2) is 27.5 Å². The average Bonchev–Trinajstić information content (AvgIpc) is 2.70. The van der Waals surface area contributed by atoms with Crippen molar-refractivity contribution in [3.05, 3.63) is 18.1 Å². The van der Waals surface area contributed by atoms with Crippen LogP contribution in [0.15, 0.2) is 12.5 Å². The Balaban J connectivity index is 2.47. The van der Waals surface area contributed by atoms with E-state index in [1.165, 1.54) is 6.33 Å². The second-order valence-corrected chi connectivity index (χ2v) is 3.41. The summed E-state index contributed by atoms with van der Waals surface area (Å²) in [5, 5.41) is 3.26. The largest absolute Gasteiger partial charge is 0.383 e. The van der Waals surface area contributed by atoms with Gasteiger partial charge in [-0.15, -0.1) is 6.42 Å². The zero-order valence-corrected chi connectivity index (χ0v) is 9.05. The summed E-state index contributed by atoms with van der Waals surface area (Å²) in [4.78, 5) is 18.2. The number of carbonyl (C=O) groups is 1. The van der Waals surface area contributed by atoms with Gasteiger partial charge in [0.05, 0.1) is 10.9 Å². The maximum Gasteiger partial charge on any atom is 0.207 e. The first-order chi connectivity index (χ1) is 8.27. The Labute approximate surface area is 97.8 Å². The Bertz CT molecular complexity index is 596. The van der Waals surface area contributed by atoms with Gasteiger partial charge in [-0.1, -0.05) is 5.92 Å². The van der Waals surface area contributed by atoms with Crippen LogP contribution in [-0.2, 0) is 11.3 Å². The molecule has 0 spiro atoms. The monoisotopic (exact) mass is 229 g/mol. The van der Waals surface area contributed by atoms with Gasteiger partial charge in [0, 0.05) is 19.3 Å². The predicted molar refractivity (Wildman–Crippen MR) is 63.9 cm³/mol. The van der Waals surface area contributed by atoms with Crippen LogP contribution in [0.25, 0.3) is 11.0 Å². The number of nitrogen functional groups attached to an aromatic ring is 1. The first-order valence-electron chi connectivity index (χ1n) is 5.01. The molecule has 86 valence electrons. The number of fused-ring (bicyclic) bond motifs is 1. The zero-order valence-electron chi connectivity index (χ0n) is 9.05. The minimum Gasteiger partial charge on any atom is -0.383 e. The van der Waals surface area contributed by atoms with E-state index in [0.29, 0.717) is 41.9 Å². The van der Waals surface area contributed by atoms with Crippen LogP contribution in [0.1, 0.15) is 5.56 Å². The predicted octanol–water partition coefficient (Wildman–Crippen LogP) is -0.259. The topological polar surface area (TPSA) is 85.8 Å². The van der Waals surface area contributed by atoms with Gasteiger partial charge in [-0.3, -0.25) is 4.79 Å². The number of nitrogens with two attached hydrogens (primary N) is 1. The van der Waals surface area contributed by atoms with Gasteiger partial charge < -0.3 is 15.6 Å². The Morgan fingerprint density at radius 1 is 1.59 bits per heavy atom. The molecule has 0 aliphatic rings. The molecule has 3 N–H and O–H groups in total. The molecule has 0 bridgehead atoms. The molecule has 0 aromatic carbocycles. The van der Waals surface area contributed by atoms with E-state index in [2.05, 4.69) is 21.2 Å². The Hall–Kier alpha value is -2.55. The summed E-state index contributed by atoms with van der Waals surface area (Å²) in [5.41, 5.74) is 7.10. The van der Waals surface area contributed by atoms with Crippen LogP contribution in [0.4, 0.5) is 5.82 Å². The van der Waals surface area contributed by atoms with Crippen LogP contribution in [0.3, 0.4) is 0 Å². The summed E-state index contributed by atoms with van der Waals surface area (Å²) in [6.07, 6.45) is 9.23. The summed E-state index contributed by atoms with van der Waals surface area (Å²) in [6, 6.07) is 0. The van der Waals surface area contributed by atoms with Crippen molar-refractivity contribution in [3.8, 4) is 12.3 Å². The molecule has 2 aromatic heterocycles. The third-order valence-corrected chi connectivity index (χ3v) is 2.42. The van der Waals surface area contributed by atoms with E-state index in [4.69, 9.17) is 12.2 Å². The summed E-state index contributed by atoms with van der Waals surface area (Å²) in [6.45, 7) is 1.08. The van der Waals surface area contributed by atoms with Crippen LogP contribution >= 0.6 is 0 Å². The molecule has 2 rings (SSSR count). The lowest BCUT2D eigenvalue weighted by atomic mass is 10.2. The molecule has 0 unspecified atom stereocenters. The van der Waals surface area contributed by atoms with E-state index >= 15 is 0 Å². The molecule has 2 heterocycles. The zero-order chi connectivity index (χ0) is 12.3. The lowest BCUT2D eigenvalue weighted by molar-refractivity contribution is -0.109. The van der Waals surface area contributed by atoms with Crippen molar-refractivity contribution in [2.45, 2.75) is 6.54 Å². The van der Waals surface area contributed by atoms with Crippen LogP contribution in [0.2, 0.25) is 0 Å². The SMILES string of the molecule is C#Cc1cn(CCNC=O)c2ncnc(N)c12. The van der Waals surface area contributed by atoms with Crippen molar-refractivity contribution < 1.29 is 4.79 Å². The fourth-order valence-electron chi connectivity index (χ4n) is 1.67. The summed E-state index contributed by atoms with van der Waals surface area (Å²) < 4.78 is 1.85. The lowest BCUT2D eigenvalue weighted by Gasteiger charge is -2.03. The number of anilines is 1. The van der Waals surface area contributed by atoms with Gasteiger partial charge in [0.25, 0.3) is 0 Å². The van der Waals surface area contributed by atoms with Crippen molar-refractivity contribution in [2.75, 3.05) is 12.3 Å². The van der Waals surface area contributed by atoms with Crippen LogP contribution in [0, 0.1) is 12.3 Å². The first-order valence-corrected chi connectivity index (χ1v) is 5.01. The summed E-state index contributed by atoms with van der Waals surface area (Å²) in [5.74, 6) is 2.92. The van der Waals surface area contributed by atoms with Gasteiger partial charge in [0.1, 0.15) is 17.8 Å². The maximum absolute atomic E-state index is 10.2. The van der Waals surface area contributed by atoms with Crippen molar-refractivity contribution in [2.24, 2.45) is 0 Å². The number of aromatic nitrogens is 3. The molecule has 0 saturated heterocycles. The van der Waals surface area contributed by atoms with Gasteiger partial charge in [0.2, 0.25) is 6.41 Å². The van der Waals surface area contributed by atoms with Gasteiger partial charge in [-0.2, -0.15) is 0 Å². The van der Waals surface area contributed by atoms with E-state index in [0.717, 1.165) is 0 Å². The number of carbonyl (C=O) groups excluding carboxylic acids is 1. The Morgan fingerprint density at radius 2 is 2.41 bits per heavy atom. The van der Waals surface area contributed by atoms with Crippen molar-refractivity contribution in [1.29, 1.82) is 0 Å². The Morgan fingerprint density at radius 3 is 3.12 bits per heavy atom. The number of rotatable bonds is 4. The second-order valence-electron chi connectivity index (χ2n) is 3.41. The Kier molecular flexibility index (Phi) is 2.92. The van der Waals surface area contributed by atoms with E-state index in [1.807, 2.05) is 4.57 Å². The first kappa shape index (κ1) is 11.0. The fraction of sp³-hybridized carbons (Fsp3) is 0.182. The third kappa shape index (κ3) is 1.90. The standard InChI is InChI=1S/C11H11N5O/c1-2-8-5-16(4-3-13-7-17)11-9(8)10(12)14-6-15-11/h1,5-7H,3-4H2,(H,13,17)(H2,12,14,15). The highest BCUT2D eigenvalue weighted by atomic mass is 16.1. The number of hydrogen-bond donors (Lipinski definition) is 2. The van der Waals surface area contributed by atoms with Gasteiger partial charge in [-0.25, -0.2) is 9.97 Å². The average molecular weight is 229 g/mol. The summed E-state index contributed by atoms with van der Waals surface area (Å²) in [7, 11) is 0. The molecule has 0 radical (unpaired) electrons. The lowest BCUT2D eigenvalue weighted by Crippen LogP contribution is -2.17. The number of amides is 1. The van der Waals surface area contributed by atoms with Gasteiger partial charge in [-0.05, 0) is 0 Å². The molecule has 0 aliphatic carbocycles. The van der Waals surface area contributed by atoms with E-state index in [9.17, 15) is 4.79 Å². The molecule has 1 amide bonds.